The molecule has 5 aliphatic rings. The molecule has 11 heteroatoms. The van der Waals surface area contributed by atoms with Crippen LogP contribution in [0.15, 0.2) is 35.2 Å². The zero-order valence-corrected chi connectivity index (χ0v) is 26.6. The van der Waals surface area contributed by atoms with E-state index in [9.17, 15) is 8.78 Å². The number of alkyl halides is 1. The molecule has 46 heavy (non-hydrogen) atoms. The number of thioether (sulfide) groups is 1. The lowest BCUT2D eigenvalue weighted by molar-refractivity contribution is 0.107. The summed E-state index contributed by atoms with van der Waals surface area (Å²) in [5, 5.41) is 3.90. The van der Waals surface area contributed by atoms with Crippen LogP contribution in [0.3, 0.4) is 0 Å². The molecule has 242 valence electrons. The zero-order valence-electron chi connectivity index (χ0n) is 25.8. The van der Waals surface area contributed by atoms with E-state index in [0.29, 0.717) is 54.8 Å². The van der Waals surface area contributed by atoms with Crippen molar-refractivity contribution in [1.82, 2.24) is 20.2 Å². The van der Waals surface area contributed by atoms with Gasteiger partial charge in [-0.1, -0.05) is 31.2 Å². The van der Waals surface area contributed by atoms with E-state index in [4.69, 9.17) is 9.72 Å². The maximum absolute atomic E-state index is 16.7. The highest BCUT2D eigenvalue weighted by atomic mass is 32.2. The van der Waals surface area contributed by atoms with Gasteiger partial charge in [-0.3, -0.25) is 4.90 Å². The summed E-state index contributed by atoms with van der Waals surface area (Å²) in [5.74, 6) is -1.05. The summed E-state index contributed by atoms with van der Waals surface area (Å²) in [4.78, 5) is 14.4. The van der Waals surface area contributed by atoms with Crippen molar-refractivity contribution in [2.45, 2.75) is 74.1 Å². The van der Waals surface area contributed by atoms with Crippen LogP contribution >= 0.6 is 11.8 Å². The molecule has 8 rings (SSSR count). The van der Waals surface area contributed by atoms with Crippen LogP contribution in [0.1, 0.15) is 55.7 Å². The number of allylic oxidation sites excluding steroid dienone is 2. The molecule has 1 N–H and O–H groups in total. The molecule has 1 aromatic heterocycles. The summed E-state index contributed by atoms with van der Waals surface area (Å²) in [6, 6.07) is 5.11. The van der Waals surface area contributed by atoms with Gasteiger partial charge in [-0.05, 0) is 61.9 Å². The Morgan fingerprint density at radius 3 is 2.72 bits per heavy atom. The highest BCUT2D eigenvalue weighted by Crippen LogP contribution is 2.42. The minimum Gasteiger partial charge on any atom is -0.461 e. The van der Waals surface area contributed by atoms with Crippen molar-refractivity contribution in [3.63, 3.8) is 0 Å². The summed E-state index contributed by atoms with van der Waals surface area (Å²) in [6.07, 6.45) is 9.19. The Hall–Kier alpha value is -3.15. The van der Waals surface area contributed by atoms with Crippen LogP contribution in [0, 0.1) is 17.5 Å². The van der Waals surface area contributed by atoms with Gasteiger partial charge < -0.3 is 15.0 Å². The number of nitrogens with zero attached hydrogens (tertiary/aromatic N) is 4. The molecule has 6 nitrogen and oxygen atoms in total. The zero-order chi connectivity index (χ0) is 31.6. The van der Waals surface area contributed by atoms with E-state index < -0.39 is 23.3 Å². The van der Waals surface area contributed by atoms with Crippen LogP contribution in [0.5, 0.6) is 6.01 Å². The number of fused-ring (bicyclic) bond motifs is 5. The second-order valence-corrected chi connectivity index (χ2v) is 14.3. The number of benzene rings is 2. The largest absolute Gasteiger partial charge is 0.461 e. The predicted octanol–water partition coefficient (Wildman–Crippen LogP) is 6.71. The minimum absolute atomic E-state index is 0.00419. The first kappa shape index (κ1) is 30.2. The summed E-state index contributed by atoms with van der Waals surface area (Å²) in [5.41, 5.74) is 1.34. The number of piperazine rings is 1. The van der Waals surface area contributed by atoms with Crippen LogP contribution in [0.4, 0.5) is 23.4 Å². The number of ether oxygens (including phenoxy) is 1. The average Bonchev–Trinajstić information content (AvgIpc) is 3.68. The van der Waals surface area contributed by atoms with E-state index in [1.165, 1.54) is 23.9 Å². The van der Waals surface area contributed by atoms with Crippen molar-refractivity contribution in [3.05, 3.63) is 64.5 Å². The molecule has 0 spiro atoms. The SMILES string of the molecule is CCc1c(F)ccc2c1SC/C(c1c(F)cc3c(N4CC5CCC(C4)N5)nc(OC[C@@]45CCCN4C[C@H](F)C5)nc3c1F)=C\C=C2. The number of anilines is 1. The van der Waals surface area contributed by atoms with Crippen molar-refractivity contribution in [2.24, 2.45) is 0 Å². The third-order valence-electron chi connectivity index (χ3n) is 10.4. The van der Waals surface area contributed by atoms with Gasteiger partial charge in [0.25, 0.3) is 0 Å². The molecule has 2 bridgehead atoms. The molecule has 3 aromatic rings. The maximum Gasteiger partial charge on any atom is 0.319 e. The maximum atomic E-state index is 16.7. The monoisotopic (exact) mass is 651 g/mol. The second-order valence-electron chi connectivity index (χ2n) is 13.3. The third-order valence-corrected chi connectivity index (χ3v) is 11.7. The van der Waals surface area contributed by atoms with Crippen LogP contribution < -0.4 is 15.0 Å². The quantitative estimate of drug-likeness (QED) is 0.298. The van der Waals surface area contributed by atoms with Crippen molar-refractivity contribution in [2.75, 3.05) is 43.4 Å². The van der Waals surface area contributed by atoms with Crippen LogP contribution in [0.2, 0.25) is 0 Å². The number of nitrogens with one attached hydrogen (secondary N) is 1. The fourth-order valence-electron chi connectivity index (χ4n) is 8.25. The third kappa shape index (κ3) is 5.19. The van der Waals surface area contributed by atoms with Gasteiger partial charge in [0.15, 0.2) is 5.82 Å². The molecule has 0 aliphatic carbocycles. The first-order chi connectivity index (χ1) is 22.3. The number of rotatable bonds is 6. The Morgan fingerprint density at radius 2 is 1.91 bits per heavy atom. The molecule has 6 heterocycles. The second kappa shape index (κ2) is 11.8. The fourth-order valence-corrected chi connectivity index (χ4v) is 9.51. The van der Waals surface area contributed by atoms with E-state index in [-0.39, 0.29) is 47.4 Å². The molecule has 2 aromatic carbocycles. The van der Waals surface area contributed by atoms with Gasteiger partial charge >= 0.3 is 6.01 Å². The molecule has 0 radical (unpaired) electrons. The van der Waals surface area contributed by atoms with Gasteiger partial charge in [-0.15, -0.1) is 11.8 Å². The topological polar surface area (TPSA) is 53.5 Å². The lowest BCUT2D eigenvalue weighted by Crippen LogP contribution is -2.51. The average molecular weight is 652 g/mol. The molecular formula is C35H37F4N5OS. The minimum atomic E-state index is -0.905. The number of halogens is 4. The summed E-state index contributed by atoms with van der Waals surface area (Å²) in [7, 11) is 0. The summed E-state index contributed by atoms with van der Waals surface area (Å²) >= 11 is 1.38. The smallest absolute Gasteiger partial charge is 0.319 e. The lowest BCUT2D eigenvalue weighted by atomic mass is 9.95. The van der Waals surface area contributed by atoms with Crippen molar-refractivity contribution < 1.29 is 22.3 Å². The standard InChI is InChI=1S/C35H37F4N5OS/c1-2-25-27(37)10-7-20-5-3-6-21(18-46-32(20)25)29-28(38)13-26-31(30(29)39)41-34(42-33(26)43-16-23-8-9-24(17-43)40-23)45-19-35-11-4-12-44(35)15-22(36)14-35/h3,5-7,10,13,22-24,40H,2,4,8-9,11-12,14-19H2,1H3/b5-3?,21-6+/t22-,23?,24?,35+/m1/s1. The Morgan fingerprint density at radius 1 is 1.09 bits per heavy atom. The van der Waals surface area contributed by atoms with E-state index in [2.05, 4.69) is 20.1 Å². The Kier molecular flexibility index (Phi) is 7.76. The normalized spacial score (nSPS) is 28.6. The first-order valence-electron chi connectivity index (χ1n) is 16.4. The van der Waals surface area contributed by atoms with Crippen LogP contribution in [-0.4, -0.2) is 77.2 Å². The molecule has 2 unspecified atom stereocenters. The number of hydrogen-bond donors (Lipinski definition) is 1. The predicted molar refractivity (Wildman–Crippen MR) is 174 cm³/mol. The summed E-state index contributed by atoms with van der Waals surface area (Å²) < 4.78 is 68.2. The molecule has 0 saturated carbocycles. The fraction of sp³-hybridized carbons (Fsp3) is 0.486. The first-order valence-corrected chi connectivity index (χ1v) is 17.3. The van der Waals surface area contributed by atoms with Crippen molar-refractivity contribution in [3.8, 4) is 6.01 Å². The summed E-state index contributed by atoms with van der Waals surface area (Å²) in [6.45, 7) is 4.66. The lowest BCUT2D eigenvalue weighted by Gasteiger charge is -2.34. The molecular weight excluding hydrogens is 614 g/mol. The number of aromatic nitrogens is 2. The Balaban J connectivity index is 1.19. The van der Waals surface area contributed by atoms with E-state index >= 15 is 8.78 Å². The number of hydrogen-bond acceptors (Lipinski definition) is 7. The molecule has 4 saturated heterocycles. The van der Waals surface area contributed by atoms with Crippen molar-refractivity contribution >= 4 is 40.1 Å². The van der Waals surface area contributed by atoms with Crippen LogP contribution in [-0.2, 0) is 6.42 Å². The Labute approximate surface area is 270 Å². The van der Waals surface area contributed by atoms with Gasteiger partial charge in [-0.2, -0.15) is 9.97 Å². The molecule has 0 amide bonds. The van der Waals surface area contributed by atoms with E-state index in [0.717, 1.165) is 42.7 Å². The highest BCUT2D eigenvalue weighted by molar-refractivity contribution is 7.99. The van der Waals surface area contributed by atoms with Gasteiger partial charge in [0.2, 0.25) is 0 Å². The molecule has 4 fully saturated rings. The van der Waals surface area contributed by atoms with Gasteiger partial charge in [-0.25, -0.2) is 17.6 Å². The van der Waals surface area contributed by atoms with Crippen LogP contribution in [0.25, 0.3) is 22.6 Å². The molecule has 5 aliphatic heterocycles. The van der Waals surface area contributed by atoms with Gasteiger partial charge in [0.1, 0.15) is 35.7 Å². The van der Waals surface area contributed by atoms with Gasteiger partial charge in [0.05, 0.1) is 11.1 Å². The Bertz CT molecular complexity index is 1750. The van der Waals surface area contributed by atoms with E-state index in [1.54, 1.807) is 18.2 Å². The van der Waals surface area contributed by atoms with Crippen molar-refractivity contribution in [1.29, 1.82) is 0 Å². The molecule has 4 atom stereocenters. The van der Waals surface area contributed by atoms with E-state index in [1.807, 2.05) is 13.0 Å². The highest BCUT2D eigenvalue weighted by Gasteiger charge is 2.49. The van der Waals surface area contributed by atoms with Gasteiger partial charge in [0, 0.05) is 59.7 Å².